The van der Waals surface area contributed by atoms with E-state index < -0.39 is 0 Å². The number of halogens is 1. The number of hydroxylamine groups is 1. The van der Waals surface area contributed by atoms with Crippen LogP contribution in [0.4, 0.5) is 4.39 Å². The lowest BCUT2D eigenvalue weighted by atomic mass is 10.2. The summed E-state index contributed by atoms with van der Waals surface area (Å²) in [5, 5.41) is 0. The quantitative estimate of drug-likeness (QED) is 0.699. The summed E-state index contributed by atoms with van der Waals surface area (Å²) in [5.41, 5.74) is 3.54. The van der Waals surface area contributed by atoms with Gasteiger partial charge in [-0.05, 0) is 17.7 Å². The molecule has 0 bridgehead atoms. The van der Waals surface area contributed by atoms with Crippen molar-refractivity contribution in [3.8, 4) is 0 Å². The van der Waals surface area contributed by atoms with Crippen LogP contribution in [0.5, 0.6) is 0 Å². The highest BCUT2D eigenvalue weighted by atomic mass is 32.1. The van der Waals surface area contributed by atoms with Gasteiger partial charge in [0.05, 0.1) is 0 Å². The number of nitrogens with one attached hydrogen (secondary N) is 1. The maximum absolute atomic E-state index is 12.9. The largest absolute Gasteiger partial charge is 0.391 e. The van der Waals surface area contributed by atoms with Gasteiger partial charge in [-0.3, -0.25) is 0 Å². The second-order valence-corrected chi connectivity index (χ2v) is 3.46. The summed E-state index contributed by atoms with van der Waals surface area (Å²) in [4.78, 5) is 9.44. The van der Waals surface area contributed by atoms with Crippen LogP contribution in [0.2, 0.25) is 0 Å². The van der Waals surface area contributed by atoms with Gasteiger partial charge in [-0.2, -0.15) is 0 Å². The van der Waals surface area contributed by atoms with Gasteiger partial charge in [0.1, 0.15) is 5.82 Å². The Morgan fingerprint density at radius 2 is 2.36 bits per heavy atom. The van der Waals surface area contributed by atoms with E-state index in [9.17, 15) is 4.39 Å². The van der Waals surface area contributed by atoms with Crippen molar-refractivity contribution in [2.24, 2.45) is 4.99 Å². The van der Waals surface area contributed by atoms with Crippen molar-refractivity contribution in [1.82, 2.24) is 5.48 Å². The molecule has 0 amide bonds. The molecule has 1 aromatic rings. The molecule has 74 valence electrons. The van der Waals surface area contributed by atoms with Gasteiger partial charge in [-0.1, -0.05) is 6.07 Å². The first-order valence-corrected chi connectivity index (χ1v) is 4.57. The van der Waals surface area contributed by atoms with E-state index in [1.807, 2.05) is 0 Å². The number of rotatable bonds is 1. The lowest BCUT2D eigenvalue weighted by Gasteiger charge is -2.07. The second kappa shape index (κ2) is 3.59. The van der Waals surface area contributed by atoms with Crippen LogP contribution in [-0.2, 0) is 4.84 Å². The lowest BCUT2D eigenvalue weighted by Crippen LogP contribution is -2.13. The molecule has 0 aliphatic carbocycles. The van der Waals surface area contributed by atoms with E-state index in [2.05, 4.69) is 23.1 Å². The number of hydrogen-bond donors (Lipinski definition) is 2. The Morgan fingerprint density at radius 1 is 1.57 bits per heavy atom. The minimum Gasteiger partial charge on any atom is -0.391 e. The standard InChI is InChI=1S/C9H9FN2OS/c1-5-11-9(12-13-5)6-2-3-7(10)8(14)4-6/h2-4,9,12,14H,1H3. The van der Waals surface area contributed by atoms with Crippen LogP contribution < -0.4 is 5.48 Å². The molecule has 0 radical (unpaired) electrons. The van der Waals surface area contributed by atoms with Crippen molar-refractivity contribution < 1.29 is 9.23 Å². The third kappa shape index (κ3) is 1.73. The van der Waals surface area contributed by atoms with Gasteiger partial charge in [-0.15, -0.1) is 18.1 Å². The van der Waals surface area contributed by atoms with Crippen LogP contribution in [-0.4, -0.2) is 5.90 Å². The van der Waals surface area contributed by atoms with Gasteiger partial charge in [-0.25, -0.2) is 9.38 Å². The molecule has 1 aromatic carbocycles. The number of nitrogens with zero attached hydrogens (tertiary/aromatic N) is 1. The molecule has 1 atom stereocenters. The molecule has 1 N–H and O–H groups in total. The zero-order chi connectivity index (χ0) is 10.1. The van der Waals surface area contributed by atoms with E-state index in [-0.39, 0.29) is 12.0 Å². The van der Waals surface area contributed by atoms with Crippen LogP contribution in [0.1, 0.15) is 18.7 Å². The van der Waals surface area contributed by atoms with Gasteiger partial charge in [0.2, 0.25) is 5.90 Å². The maximum Gasteiger partial charge on any atom is 0.208 e. The van der Waals surface area contributed by atoms with Gasteiger partial charge in [0.25, 0.3) is 0 Å². The predicted octanol–water partition coefficient (Wildman–Crippen LogP) is 2.07. The Balaban J connectivity index is 2.29. The SMILES string of the molecule is CC1=NC(c2ccc(F)c(S)c2)NO1. The Morgan fingerprint density at radius 3 is 2.93 bits per heavy atom. The number of thiol groups is 1. The molecule has 1 aliphatic rings. The third-order valence-electron chi connectivity index (χ3n) is 1.92. The van der Waals surface area contributed by atoms with E-state index in [1.54, 1.807) is 19.1 Å². The Bertz CT molecular complexity index is 394. The number of benzene rings is 1. The zero-order valence-electron chi connectivity index (χ0n) is 7.49. The molecule has 0 saturated carbocycles. The van der Waals surface area contributed by atoms with Crippen LogP contribution in [0.25, 0.3) is 0 Å². The van der Waals surface area contributed by atoms with E-state index >= 15 is 0 Å². The fraction of sp³-hybridized carbons (Fsp3) is 0.222. The molecule has 2 rings (SSSR count). The van der Waals surface area contributed by atoms with Crippen molar-refractivity contribution in [2.75, 3.05) is 0 Å². The molecule has 0 spiro atoms. The molecule has 0 aromatic heterocycles. The minimum absolute atomic E-state index is 0.263. The van der Waals surface area contributed by atoms with Gasteiger partial charge in [0.15, 0.2) is 6.17 Å². The maximum atomic E-state index is 12.9. The lowest BCUT2D eigenvalue weighted by molar-refractivity contribution is 0.178. The fourth-order valence-electron chi connectivity index (χ4n) is 1.22. The smallest absolute Gasteiger partial charge is 0.208 e. The first kappa shape index (κ1) is 9.48. The summed E-state index contributed by atoms with van der Waals surface area (Å²) < 4.78 is 12.9. The van der Waals surface area contributed by atoms with Crippen molar-refractivity contribution in [3.63, 3.8) is 0 Å². The van der Waals surface area contributed by atoms with Crippen LogP contribution in [0.3, 0.4) is 0 Å². The monoisotopic (exact) mass is 212 g/mol. The summed E-state index contributed by atoms with van der Waals surface area (Å²) in [5.74, 6) is 0.233. The Hall–Kier alpha value is -1.07. The molecule has 0 fully saturated rings. The zero-order valence-corrected chi connectivity index (χ0v) is 8.38. The molecule has 1 unspecified atom stereocenters. The van der Waals surface area contributed by atoms with Crippen molar-refractivity contribution in [1.29, 1.82) is 0 Å². The van der Waals surface area contributed by atoms with E-state index in [4.69, 9.17) is 4.84 Å². The van der Waals surface area contributed by atoms with Gasteiger partial charge in [0, 0.05) is 11.8 Å². The highest BCUT2D eigenvalue weighted by Gasteiger charge is 2.17. The predicted molar refractivity (Wildman–Crippen MR) is 53.7 cm³/mol. The topological polar surface area (TPSA) is 33.6 Å². The van der Waals surface area contributed by atoms with Gasteiger partial charge < -0.3 is 4.84 Å². The van der Waals surface area contributed by atoms with E-state index in [0.717, 1.165) is 5.56 Å². The summed E-state index contributed by atoms with van der Waals surface area (Å²) in [6.45, 7) is 1.75. The first-order valence-electron chi connectivity index (χ1n) is 4.12. The van der Waals surface area contributed by atoms with Crippen LogP contribution in [0.15, 0.2) is 28.1 Å². The van der Waals surface area contributed by atoms with Crippen molar-refractivity contribution in [3.05, 3.63) is 29.6 Å². The summed E-state index contributed by atoms with van der Waals surface area (Å²) in [7, 11) is 0. The van der Waals surface area contributed by atoms with Crippen molar-refractivity contribution in [2.45, 2.75) is 18.0 Å². The summed E-state index contributed by atoms with van der Waals surface area (Å²) >= 11 is 3.99. The highest BCUT2D eigenvalue weighted by molar-refractivity contribution is 7.80. The Kier molecular flexibility index (Phi) is 2.43. The molecule has 14 heavy (non-hydrogen) atoms. The molecule has 3 nitrogen and oxygen atoms in total. The summed E-state index contributed by atoms with van der Waals surface area (Å²) in [6, 6.07) is 4.64. The first-order chi connectivity index (χ1) is 6.66. The van der Waals surface area contributed by atoms with Crippen molar-refractivity contribution >= 4 is 18.5 Å². The number of hydrogen-bond acceptors (Lipinski definition) is 4. The fourth-order valence-corrected chi connectivity index (χ4v) is 1.44. The third-order valence-corrected chi connectivity index (χ3v) is 2.26. The molecular formula is C9H9FN2OS. The average molecular weight is 212 g/mol. The Labute approximate surface area is 86.4 Å². The summed E-state index contributed by atoms with van der Waals surface area (Å²) in [6.07, 6.45) is -0.263. The van der Waals surface area contributed by atoms with Crippen LogP contribution in [0, 0.1) is 5.82 Å². The van der Waals surface area contributed by atoms with Gasteiger partial charge >= 0.3 is 0 Å². The molecule has 1 aliphatic heterocycles. The normalized spacial score (nSPS) is 20.5. The highest BCUT2D eigenvalue weighted by Crippen LogP contribution is 2.22. The minimum atomic E-state index is -0.336. The molecule has 5 heteroatoms. The second-order valence-electron chi connectivity index (χ2n) is 2.98. The van der Waals surface area contributed by atoms with E-state index in [1.165, 1.54) is 6.07 Å². The average Bonchev–Trinajstić information content (AvgIpc) is 2.57. The molecule has 0 saturated heterocycles. The molecular weight excluding hydrogens is 203 g/mol. The molecule has 1 heterocycles. The van der Waals surface area contributed by atoms with E-state index in [0.29, 0.717) is 10.8 Å². The number of aliphatic imine (C=N–C) groups is 1. The van der Waals surface area contributed by atoms with Crippen LogP contribution >= 0.6 is 12.6 Å².